The van der Waals surface area contributed by atoms with E-state index in [1.807, 2.05) is 43.0 Å². The lowest BCUT2D eigenvalue weighted by molar-refractivity contribution is -0.188. The smallest absolute Gasteiger partial charge is 0.407 e. The first-order valence-corrected chi connectivity index (χ1v) is 18.6. The predicted molar refractivity (Wildman–Crippen MR) is 209 cm³/mol. The Morgan fingerprint density at radius 1 is 0.857 bits per heavy atom. The van der Waals surface area contributed by atoms with Gasteiger partial charge in [0.25, 0.3) is 0 Å². The number of ether oxygens (including phenoxy) is 3. The number of H-pyrrole nitrogens is 2. The molecule has 3 amide bonds. The standard InChI is InChI=1S/C40H52N8O8/c1-25(2)35(47-38(49)30(17-20-52-3)46-40(51)54-5)37-42-23-33(45-37)29-15-11-27(12-16-29)26-9-13-28(14-10-26)32-22-41-36(44-32)34-8-7-19-48(34)39(50)31(18-21-53-4)43-24-56-55-6/h9-16,22-25,30-31,34-35H,7-8,17-21H2,1-6H3,(H,41,44)(H,42,45)(H,46,51)(H,47,49)/b43-24+/t30-,31-,34-,35-/m0/s1. The molecule has 5 rings (SSSR count). The quantitative estimate of drug-likeness (QED) is 0.0416. The first-order chi connectivity index (χ1) is 27.2. The highest BCUT2D eigenvalue weighted by atomic mass is 17.2. The summed E-state index contributed by atoms with van der Waals surface area (Å²) in [5.74, 6) is 0.881. The SMILES string of the molecule is COCC[C@H](/N=C/OOC)C(=O)N1CCC[C@H]1c1ncc(-c2ccc(-c3ccc(-c4cnc([C@@H](NC(=O)[C@H](CCOC)NC(=O)OC)C(C)C)[nH]4)cc3)cc2)[nH]1. The molecule has 4 aromatic rings. The molecule has 4 atom stereocenters. The lowest BCUT2D eigenvalue weighted by Crippen LogP contribution is -2.49. The fourth-order valence-electron chi connectivity index (χ4n) is 6.63. The number of nitrogens with zero attached hydrogens (tertiary/aromatic N) is 4. The summed E-state index contributed by atoms with van der Waals surface area (Å²) in [6, 6.07) is 14.3. The van der Waals surface area contributed by atoms with E-state index in [1.54, 1.807) is 19.5 Å². The second-order valence-electron chi connectivity index (χ2n) is 13.7. The fraction of sp³-hybridized carbons (Fsp3) is 0.450. The summed E-state index contributed by atoms with van der Waals surface area (Å²) < 4.78 is 15.0. The molecule has 0 radical (unpaired) electrons. The molecule has 1 aliphatic heterocycles. The maximum Gasteiger partial charge on any atom is 0.407 e. The van der Waals surface area contributed by atoms with Crippen molar-refractivity contribution in [3.63, 3.8) is 0 Å². The van der Waals surface area contributed by atoms with Crippen molar-refractivity contribution in [3.8, 4) is 33.6 Å². The molecule has 2 aromatic heterocycles. The Morgan fingerprint density at radius 3 is 2.07 bits per heavy atom. The van der Waals surface area contributed by atoms with Gasteiger partial charge in [-0.05, 0) is 41.0 Å². The molecule has 16 heteroatoms. The fourth-order valence-corrected chi connectivity index (χ4v) is 6.63. The van der Waals surface area contributed by atoms with Crippen LogP contribution >= 0.6 is 0 Å². The van der Waals surface area contributed by atoms with Crippen molar-refractivity contribution in [1.82, 2.24) is 35.5 Å². The molecule has 16 nitrogen and oxygen atoms in total. The van der Waals surface area contributed by atoms with Crippen LogP contribution in [0.1, 0.15) is 63.3 Å². The molecule has 3 heterocycles. The number of carbonyl (C=O) groups excluding carboxylic acids is 3. The Labute approximate surface area is 326 Å². The van der Waals surface area contributed by atoms with Crippen molar-refractivity contribution in [1.29, 1.82) is 0 Å². The Kier molecular flexibility index (Phi) is 15.1. The summed E-state index contributed by atoms with van der Waals surface area (Å²) in [5, 5.41) is 5.60. The van der Waals surface area contributed by atoms with Crippen molar-refractivity contribution in [2.75, 3.05) is 48.2 Å². The number of hydrogen-bond donors (Lipinski definition) is 4. The number of amides is 3. The number of nitrogens with one attached hydrogen (secondary N) is 4. The molecule has 2 aromatic carbocycles. The van der Waals surface area contributed by atoms with Gasteiger partial charge in [0.05, 0.1) is 50.1 Å². The third kappa shape index (κ3) is 10.6. The summed E-state index contributed by atoms with van der Waals surface area (Å²) in [4.78, 5) is 70.2. The molecular weight excluding hydrogens is 720 g/mol. The molecular formula is C40H52N8O8. The van der Waals surface area contributed by atoms with Crippen molar-refractivity contribution in [2.24, 2.45) is 10.9 Å². The number of rotatable bonds is 19. The molecule has 1 saturated heterocycles. The first kappa shape index (κ1) is 41.6. The van der Waals surface area contributed by atoms with Gasteiger partial charge >= 0.3 is 6.09 Å². The summed E-state index contributed by atoms with van der Waals surface area (Å²) in [5.41, 5.74) is 5.67. The van der Waals surface area contributed by atoms with Gasteiger partial charge in [-0.3, -0.25) is 9.59 Å². The lowest BCUT2D eigenvalue weighted by Gasteiger charge is -2.26. The summed E-state index contributed by atoms with van der Waals surface area (Å²) in [6.45, 7) is 5.26. The summed E-state index contributed by atoms with van der Waals surface area (Å²) >= 11 is 0. The molecule has 0 bridgehead atoms. The van der Waals surface area contributed by atoms with Crippen LogP contribution in [0.3, 0.4) is 0 Å². The maximum absolute atomic E-state index is 13.5. The van der Waals surface area contributed by atoms with Crippen LogP contribution in [-0.2, 0) is 33.6 Å². The summed E-state index contributed by atoms with van der Waals surface area (Å²) in [6.07, 6.45) is 6.37. The Bertz CT molecular complexity index is 1890. The molecule has 0 unspecified atom stereocenters. The van der Waals surface area contributed by atoms with Crippen LogP contribution in [0.5, 0.6) is 0 Å². The third-order valence-corrected chi connectivity index (χ3v) is 9.69. The number of likely N-dealkylation sites (tertiary alicyclic amines) is 1. The Balaban J connectivity index is 1.23. The number of aliphatic imine (C=N–C) groups is 1. The van der Waals surface area contributed by atoms with Crippen LogP contribution in [0.4, 0.5) is 4.79 Å². The number of imidazole rings is 2. The predicted octanol–water partition coefficient (Wildman–Crippen LogP) is 5.38. The summed E-state index contributed by atoms with van der Waals surface area (Å²) in [7, 11) is 5.75. The average molecular weight is 773 g/mol. The van der Waals surface area contributed by atoms with Crippen molar-refractivity contribution >= 4 is 24.3 Å². The van der Waals surface area contributed by atoms with E-state index < -0.39 is 24.2 Å². The van der Waals surface area contributed by atoms with Gasteiger partial charge < -0.3 is 44.6 Å². The molecule has 1 aliphatic rings. The maximum atomic E-state index is 13.5. The van der Waals surface area contributed by atoms with E-state index in [2.05, 4.69) is 64.7 Å². The van der Waals surface area contributed by atoms with Gasteiger partial charge in [-0.15, -0.1) is 0 Å². The molecule has 56 heavy (non-hydrogen) atoms. The monoisotopic (exact) mass is 772 g/mol. The third-order valence-electron chi connectivity index (χ3n) is 9.69. The first-order valence-electron chi connectivity index (χ1n) is 18.6. The van der Waals surface area contributed by atoms with Crippen LogP contribution in [0.15, 0.2) is 65.9 Å². The molecule has 0 saturated carbocycles. The highest BCUT2D eigenvalue weighted by molar-refractivity contribution is 5.86. The number of methoxy groups -OCH3 is 3. The van der Waals surface area contributed by atoms with E-state index in [4.69, 9.17) is 19.1 Å². The topological polar surface area (TPSA) is 194 Å². The zero-order valence-electron chi connectivity index (χ0n) is 32.7. The van der Waals surface area contributed by atoms with Gasteiger partial charge in [-0.2, -0.15) is 4.89 Å². The molecule has 4 N–H and O–H groups in total. The van der Waals surface area contributed by atoms with E-state index >= 15 is 0 Å². The van der Waals surface area contributed by atoms with Crippen LogP contribution in [0, 0.1) is 5.92 Å². The van der Waals surface area contributed by atoms with E-state index in [0.717, 1.165) is 58.7 Å². The minimum Gasteiger partial charge on any atom is -0.453 e. The number of alkyl carbamates (subject to hydrolysis) is 1. The highest BCUT2D eigenvalue weighted by Crippen LogP contribution is 2.33. The van der Waals surface area contributed by atoms with Crippen molar-refractivity contribution in [2.45, 2.75) is 63.7 Å². The average Bonchev–Trinajstić information content (AvgIpc) is 4.01. The lowest BCUT2D eigenvalue weighted by atomic mass is 10.0. The van der Waals surface area contributed by atoms with Crippen LogP contribution in [-0.4, -0.2) is 109 Å². The van der Waals surface area contributed by atoms with Gasteiger partial charge in [0.15, 0.2) is 0 Å². The van der Waals surface area contributed by atoms with E-state index in [0.29, 0.717) is 25.4 Å². The second-order valence-corrected chi connectivity index (χ2v) is 13.7. The Morgan fingerprint density at radius 2 is 1.46 bits per heavy atom. The van der Waals surface area contributed by atoms with Crippen LogP contribution in [0.2, 0.25) is 0 Å². The molecule has 0 spiro atoms. The largest absolute Gasteiger partial charge is 0.453 e. The minimum absolute atomic E-state index is 0.00549. The highest BCUT2D eigenvalue weighted by Gasteiger charge is 2.35. The molecule has 300 valence electrons. The minimum atomic E-state index is -0.828. The molecule has 1 fully saturated rings. The normalized spacial score (nSPS) is 15.8. The van der Waals surface area contributed by atoms with E-state index in [-0.39, 0.29) is 36.8 Å². The van der Waals surface area contributed by atoms with Gasteiger partial charge in [0, 0.05) is 46.8 Å². The zero-order valence-corrected chi connectivity index (χ0v) is 32.7. The van der Waals surface area contributed by atoms with Crippen LogP contribution < -0.4 is 10.6 Å². The van der Waals surface area contributed by atoms with Gasteiger partial charge in [0.2, 0.25) is 18.2 Å². The van der Waals surface area contributed by atoms with Gasteiger partial charge in [-0.25, -0.2) is 19.8 Å². The molecule has 0 aliphatic carbocycles. The second kappa shape index (κ2) is 20.4. The number of hydrogen-bond acceptors (Lipinski definition) is 11. The zero-order chi connectivity index (χ0) is 40.0. The van der Waals surface area contributed by atoms with Crippen molar-refractivity contribution < 1.29 is 38.4 Å². The van der Waals surface area contributed by atoms with Gasteiger partial charge in [-0.1, -0.05) is 62.4 Å². The number of benzene rings is 2. The van der Waals surface area contributed by atoms with E-state index in [1.165, 1.54) is 21.3 Å². The Hall–Kier alpha value is -5.58. The van der Waals surface area contributed by atoms with Crippen LogP contribution in [0.25, 0.3) is 33.6 Å². The van der Waals surface area contributed by atoms with Crippen molar-refractivity contribution in [3.05, 3.63) is 72.6 Å². The number of aromatic amines is 2. The number of aromatic nitrogens is 4. The van der Waals surface area contributed by atoms with E-state index in [9.17, 15) is 14.4 Å². The number of carbonyl (C=O) groups is 3. The van der Waals surface area contributed by atoms with Gasteiger partial charge in [0.1, 0.15) is 23.7 Å².